The van der Waals surface area contributed by atoms with E-state index in [0.717, 1.165) is 17.1 Å². The number of methoxy groups -OCH3 is 1. The molecule has 0 saturated heterocycles. The zero-order valence-electron chi connectivity index (χ0n) is 9.87. The van der Waals surface area contributed by atoms with Crippen molar-refractivity contribution in [2.75, 3.05) is 12.4 Å². The van der Waals surface area contributed by atoms with Crippen LogP contribution < -0.4 is 10.1 Å². The second kappa shape index (κ2) is 5.61. The van der Waals surface area contributed by atoms with Crippen molar-refractivity contribution < 1.29 is 4.74 Å². The van der Waals surface area contributed by atoms with Crippen LogP contribution in [0.2, 0.25) is 0 Å². The minimum atomic E-state index is 0.595. The number of ether oxygens (including phenoxy) is 1. The molecular formula is C13H12N4O. The van der Waals surface area contributed by atoms with Crippen molar-refractivity contribution in [3.63, 3.8) is 0 Å². The Hall–Kier alpha value is -2.65. The molecular weight excluding hydrogens is 228 g/mol. The van der Waals surface area contributed by atoms with Gasteiger partial charge in [-0.3, -0.25) is 0 Å². The van der Waals surface area contributed by atoms with E-state index in [2.05, 4.69) is 15.3 Å². The van der Waals surface area contributed by atoms with Gasteiger partial charge in [0.2, 0.25) is 0 Å². The predicted octanol–water partition coefficient (Wildman–Crippen LogP) is 4.38. The SMILES string of the molecule is COc1ccc(Nc2ccc(N=[N+]=[N-])cc2)cc1. The van der Waals surface area contributed by atoms with Crippen molar-refractivity contribution in [2.45, 2.75) is 0 Å². The lowest BCUT2D eigenvalue weighted by atomic mass is 10.2. The summed E-state index contributed by atoms with van der Waals surface area (Å²) in [7, 11) is 1.64. The maximum Gasteiger partial charge on any atom is 0.119 e. The molecule has 0 radical (unpaired) electrons. The molecule has 90 valence electrons. The van der Waals surface area contributed by atoms with E-state index in [-0.39, 0.29) is 0 Å². The largest absolute Gasteiger partial charge is 0.497 e. The molecule has 0 aliphatic rings. The lowest BCUT2D eigenvalue weighted by Crippen LogP contribution is -1.89. The molecule has 0 aromatic heterocycles. The zero-order valence-corrected chi connectivity index (χ0v) is 9.87. The van der Waals surface area contributed by atoms with E-state index < -0.39 is 0 Å². The highest BCUT2D eigenvalue weighted by molar-refractivity contribution is 5.62. The average Bonchev–Trinajstić information content (AvgIpc) is 2.42. The van der Waals surface area contributed by atoms with Crippen LogP contribution in [0.1, 0.15) is 0 Å². The number of benzene rings is 2. The fraction of sp³-hybridized carbons (Fsp3) is 0.0769. The zero-order chi connectivity index (χ0) is 12.8. The molecule has 0 amide bonds. The van der Waals surface area contributed by atoms with Gasteiger partial charge in [0, 0.05) is 22.0 Å². The van der Waals surface area contributed by atoms with Gasteiger partial charge in [-0.1, -0.05) is 17.2 Å². The summed E-state index contributed by atoms with van der Waals surface area (Å²) in [5, 5.41) is 6.75. The summed E-state index contributed by atoms with van der Waals surface area (Å²) in [5.41, 5.74) is 10.8. The van der Waals surface area contributed by atoms with Crippen LogP contribution in [-0.4, -0.2) is 7.11 Å². The van der Waals surface area contributed by atoms with E-state index >= 15 is 0 Å². The second-order valence-corrected chi connectivity index (χ2v) is 3.59. The lowest BCUT2D eigenvalue weighted by Gasteiger charge is -2.07. The van der Waals surface area contributed by atoms with Crippen molar-refractivity contribution in [3.05, 3.63) is 59.0 Å². The molecule has 0 aliphatic heterocycles. The summed E-state index contributed by atoms with van der Waals surface area (Å²) in [4.78, 5) is 2.73. The normalized spacial score (nSPS) is 9.39. The first-order valence-electron chi connectivity index (χ1n) is 5.38. The van der Waals surface area contributed by atoms with Crippen LogP contribution in [0.3, 0.4) is 0 Å². The first-order valence-corrected chi connectivity index (χ1v) is 5.38. The van der Waals surface area contributed by atoms with Crippen LogP contribution in [0.15, 0.2) is 53.6 Å². The number of hydrogen-bond donors (Lipinski definition) is 1. The van der Waals surface area contributed by atoms with Crippen molar-refractivity contribution in [3.8, 4) is 5.75 Å². The van der Waals surface area contributed by atoms with E-state index in [9.17, 15) is 0 Å². The fourth-order valence-corrected chi connectivity index (χ4v) is 1.50. The van der Waals surface area contributed by atoms with Gasteiger partial charge in [0.05, 0.1) is 7.11 Å². The molecule has 5 nitrogen and oxygen atoms in total. The highest BCUT2D eigenvalue weighted by Crippen LogP contribution is 2.22. The van der Waals surface area contributed by atoms with Crippen LogP contribution in [0.25, 0.3) is 10.4 Å². The molecule has 18 heavy (non-hydrogen) atoms. The third-order valence-corrected chi connectivity index (χ3v) is 2.41. The third kappa shape index (κ3) is 2.93. The Morgan fingerprint density at radius 3 is 2.06 bits per heavy atom. The Labute approximate surface area is 105 Å². The molecule has 0 atom stereocenters. The molecule has 0 spiro atoms. The molecule has 0 unspecified atom stereocenters. The molecule has 5 heteroatoms. The Morgan fingerprint density at radius 1 is 1.00 bits per heavy atom. The molecule has 2 aromatic carbocycles. The quantitative estimate of drug-likeness (QED) is 0.489. The molecule has 1 N–H and O–H groups in total. The van der Waals surface area contributed by atoms with Crippen molar-refractivity contribution in [1.29, 1.82) is 0 Å². The van der Waals surface area contributed by atoms with Gasteiger partial charge in [0.1, 0.15) is 5.75 Å². The van der Waals surface area contributed by atoms with Gasteiger partial charge in [-0.05, 0) is 41.9 Å². The first-order chi connectivity index (χ1) is 8.81. The maximum atomic E-state index is 8.30. The second-order valence-electron chi connectivity index (χ2n) is 3.59. The molecule has 0 heterocycles. The predicted molar refractivity (Wildman–Crippen MR) is 71.5 cm³/mol. The Morgan fingerprint density at radius 2 is 1.56 bits per heavy atom. The molecule has 0 fully saturated rings. The Balaban J connectivity index is 2.10. The van der Waals surface area contributed by atoms with E-state index in [0.29, 0.717) is 5.69 Å². The van der Waals surface area contributed by atoms with Crippen LogP contribution in [0.4, 0.5) is 17.1 Å². The highest BCUT2D eigenvalue weighted by atomic mass is 16.5. The lowest BCUT2D eigenvalue weighted by molar-refractivity contribution is 0.415. The summed E-state index contributed by atoms with van der Waals surface area (Å²) in [5.74, 6) is 0.819. The first kappa shape index (κ1) is 11.8. The molecule has 0 bridgehead atoms. The van der Waals surface area contributed by atoms with Crippen molar-refractivity contribution in [2.24, 2.45) is 5.11 Å². The van der Waals surface area contributed by atoms with Crippen molar-refractivity contribution >= 4 is 17.1 Å². The number of nitrogens with one attached hydrogen (secondary N) is 1. The van der Waals surface area contributed by atoms with E-state index in [1.54, 1.807) is 19.2 Å². The number of azide groups is 1. The van der Waals surface area contributed by atoms with Gasteiger partial charge in [0.25, 0.3) is 0 Å². The van der Waals surface area contributed by atoms with E-state index in [4.69, 9.17) is 10.3 Å². The van der Waals surface area contributed by atoms with Gasteiger partial charge >= 0.3 is 0 Å². The van der Waals surface area contributed by atoms with E-state index in [1.807, 2.05) is 36.4 Å². The number of nitrogens with zero attached hydrogens (tertiary/aromatic N) is 3. The summed E-state index contributed by atoms with van der Waals surface area (Å²) in [6.07, 6.45) is 0. The van der Waals surface area contributed by atoms with Gasteiger partial charge in [0.15, 0.2) is 0 Å². The monoisotopic (exact) mass is 240 g/mol. The molecule has 0 saturated carbocycles. The summed E-state index contributed by atoms with van der Waals surface area (Å²) in [6.45, 7) is 0. The number of anilines is 2. The standard InChI is InChI=1S/C13H12N4O/c1-18-13-8-6-11(7-9-13)15-10-2-4-12(5-3-10)16-17-14/h2-9,15H,1H3. The van der Waals surface area contributed by atoms with Gasteiger partial charge in [-0.2, -0.15) is 0 Å². The number of hydrogen-bond acceptors (Lipinski definition) is 3. The molecule has 2 rings (SSSR count). The number of rotatable bonds is 4. The fourth-order valence-electron chi connectivity index (χ4n) is 1.50. The van der Waals surface area contributed by atoms with Gasteiger partial charge in [-0.25, -0.2) is 0 Å². The van der Waals surface area contributed by atoms with Gasteiger partial charge in [-0.15, -0.1) is 0 Å². The van der Waals surface area contributed by atoms with Gasteiger partial charge < -0.3 is 10.1 Å². The Bertz CT molecular complexity index is 557. The van der Waals surface area contributed by atoms with Crippen LogP contribution in [0.5, 0.6) is 5.75 Å². The summed E-state index contributed by atoms with van der Waals surface area (Å²) >= 11 is 0. The summed E-state index contributed by atoms with van der Waals surface area (Å²) < 4.78 is 5.09. The topological polar surface area (TPSA) is 70.0 Å². The summed E-state index contributed by atoms with van der Waals surface area (Å²) in [6, 6.07) is 14.9. The van der Waals surface area contributed by atoms with Crippen LogP contribution in [0, 0.1) is 0 Å². The smallest absolute Gasteiger partial charge is 0.119 e. The van der Waals surface area contributed by atoms with E-state index in [1.165, 1.54) is 0 Å². The minimum absolute atomic E-state index is 0.595. The molecule has 0 aliphatic carbocycles. The molecule has 2 aromatic rings. The Kier molecular flexibility index (Phi) is 3.69. The third-order valence-electron chi connectivity index (χ3n) is 2.41. The average molecular weight is 240 g/mol. The van der Waals surface area contributed by atoms with Crippen LogP contribution in [-0.2, 0) is 0 Å². The maximum absolute atomic E-state index is 8.30. The highest BCUT2D eigenvalue weighted by Gasteiger charge is 1.96. The van der Waals surface area contributed by atoms with Crippen molar-refractivity contribution in [1.82, 2.24) is 0 Å². The van der Waals surface area contributed by atoms with Crippen LogP contribution >= 0.6 is 0 Å². The minimum Gasteiger partial charge on any atom is -0.497 e.